The lowest BCUT2D eigenvalue weighted by Crippen LogP contribution is -3.14. The zero-order valence-corrected chi connectivity index (χ0v) is 19.9. The topological polar surface area (TPSA) is 62.1 Å². The minimum atomic E-state index is -0.268. The van der Waals surface area contributed by atoms with Gasteiger partial charge in [-0.1, -0.05) is 11.6 Å². The fourth-order valence-corrected chi connectivity index (χ4v) is 6.39. The molecule has 2 aliphatic heterocycles. The SMILES string of the molecule is CC[NH+]1CCc2c(sc3c2c(=O)n(-c2ccc(Cl)cc2)c(=O)n3CC[NH+]2CCOCC2)C1. The molecule has 1 atom stereocenters. The van der Waals surface area contributed by atoms with Crippen LogP contribution in [0, 0.1) is 0 Å². The number of benzene rings is 1. The van der Waals surface area contributed by atoms with Gasteiger partial charge in [-0.15, -0.1) is 11.3 Å². The van der Waals surface area contributed by atoms with Crippen molar-refractivity contribution in [1.82, 2.24) is 9.13 Å². The number of quaternary nitrogens is 2. The Morgan fingerprint density at radius 3 is 2.56 bits per heavy atom. The minimum Gasteiger partial charge on any atom is -0.370 e. The highest BCUT2D eigenvalue weighted by Gasteiger charge is 2.28. The fraction of sp³-hybridized carbons (Fsp3) is 0.478. The van der Waals surface area contributed by atoms with Gasteiger partial charge in [0.2, 0.25) is 0 Å². The van der Waals surface area contributed by atoms with Crippen LogP contribution >= 0.6 is 22.9 Å². The molecule has 7 nitrogen and oxygen atoms in total. The number of hydrogen-bond donors (Lipinski definition) is 2. The quantitative estimate of drug-likeness (QED) is 0.533. The Morgan fingerprint density at radius 2 is 1.84 bits per heavy atom. The number of thiophene rings is 1. The summed E-state index contributed by atoms with van der Waals surface area (Å²) in [4.78, 5) is 32.4. The van der Waals surface area contributed by atoms with Gasteiger partial charge in [0.05, 0.1) is 55.3 Å². The van der Waals surface area contributed by atoms with Crippen LogP contribution in [-0.4, -0.2) is 55.1 Å². The average molecular weight is 477 g/mol. The van der Waals surface area contributed by atoms with Gasteiger partial charge in [-0.3, -0.25) is 9.36 Å². The second kappa shape index (κ2) is 9.11. The van der Waals surface area contributed by atoms with Crippen molar-refractivity contribution in [2.75, 3.05) is 45.9 Å². The number of aromatic nitrogens is 2. The number of morpholine rings is 1. The Bertz CT molecular complexity index is 1240. The molecule has 4 heterocycles. The number of ether oxygens (including phenoxy) is 1. The lowest BCUT2D eigenvalue weighted by atomic mass is 10.1. The molecule has 170 valence electrons. The Morgan fingerprint density at radius 1 is 1.09 bits per heavy atom. The van der Waals surface area contributed by atoms with Crippen molar-refractivity contribution in [3.05, 3.63) is 60.6 Å². The molecular formula is C23H29ClN4O3S+2. The van der Waals surface area contributed by atoms with Gasteiger partial charge in [0.25, 0.3) is 5.56 Å². The summed E-state index contributed by atoms with van der Waals surface area (Å²) in [5, 5.41) is 1.31. The number of rotatable bonds is 5. The molecule has 2 aliphatic rings. The van der Waals surface area contributed by atoms with E-state index < -0.39 is 0 Å². The number of nitrogens with zero attached hydrogens (tertiary/aromatic N) is 2. The Kier molecular flexibility index (Phi) is 6.22. The lowest BCUT2D eigenvalue weighted by molar-refractivity contribution is -0.913. The zero-order valence-electron chi connectivity index (χ0n) is 18.3. The van der Waals surface area contributed by atoms with E-state index in [1.807, 2.05) is 4.57 Å². The van der Waals surface area contributed by atoms with Gasteiger partial charge in [0.15, 0.2) is 0 Å². The molecule has 1 fully saturated rings. The van der Waals surface area contributed by atoms with E-state index in [2.05, 4.69) is 6.92 Å². The second-order valence-corrected chi connectivity index (χ2v) is 10.1. The molecule has 1 aromatic carbocycles. The summed E-state index contributed by atoms with van der Waals surface area (Å²) in [6.07, 6.45) is 0.876. The highest BCUT2D eigenvalue weighted by atomic mass is 35.5. The summed E-state index contributed by atoms with van der Waals surface area (Å²) in [6, 6.07) is 6.94. The van der Waals surface area contributed by atoms with E-state index in [1.54, 1.807) is 35.6 Å². The maximum atomic E-state index is 13.7. The second-order valence-electron chi connectivity index (χ2n) is 8.63. The van der Waals surface area contributed by atoms with E-state index in [0.717, 1.165) is 74.7 Å². The first-order valence-corrected chi connectivity index (χ1v) is 12.6. The van der Waals surface area contributed by atoms with Crippen LogP contribution in [0.25, 0.3) is 15.9 Å². The molecule has 32 heavy (non-hydrogen) atoms. The average Bonchev–Trinajstić information content (AvgIpc) is 3.19. The van der Waals surface area contributed by atoms with Crippen LogP contribution in [0.1, 0.15) is 17.4 Å². The number of fused-ring (bicyclic) bond motifs is 3. The van der Waals surface area contributed by atoms with Crippen molar-refractivity contribution in [3.8, 4) is 5.69 Å². The van der Waals surface area contributed by atoms with Gasteiger partial charge >= 0.3 is 5.69 Å². The van der Waals surface area contributed by atoms with Crippen molar-refractivity contribution in [1.29, 1.82) is 0 Å². The molecule has 2 N–H and O–H groups in total. The number of likely N-dealkylation sites (N-methyl/N-ethyl adjacent to an activating group) is 1. The predicted molar refractivity (Wildman–Crippen MR) is 127 cm³/mol. The Labute approximate surface area is 195 Å². The van der Waals surface area contributed by atoms with E-state index in [1.165, 1.54) is 19.2 Å². The first kappa shape index (κ1) is 21.9. The summed E-state index contributed by atoms with van der Waals surface area (Å²) in [5.41, 5.74) is 1.23. The number of hydrogen-bond acceptors (Lipinski definition) is 4. The molecule has 3 aromatic rings. The largest absolute Gasteiger partial charge is 0.370 e. The van der Waals surface area contributed by atoms with Gasteiger partial charge in [0, 0.05) is 11.4 Å². The molecule has 1 saturated heterocycles. The van der Waals surface area contributed by atoms with Crippen molar-refractivity contribution < 1.29 is 14.5 Å². The van der Waals surface area contributed by atoms with Gasteiger partial charge in [-0.05, 0) is 36.8 Å². The lowest BCUT2D eigenvalue weighted by Gasteiger charge is -2.24. The summed E-state index contributed by atoms with van der Waals surface area (Å²) in [6.45, 7) is 10.0. The smallest absolute Gasteiger partial charge is 0.336 e. The van der Waals surface area contributed by atoms with Crippen molar-refractivity contribution in [3.63, 3.8) is 0 Å². The monoisotopic (exact) mass is 476 g/mol. The van der Waals surface area contributed by atoms with Crippen molar-refractivity contribution >= 4 is 33.2 Å². The van der Waals surface area contributed by atoms with Gasteiger partial charge in [0.1, 0.15) is 24.5 Å². The van der Waals surface area contributed by atoms with Gasteiger partial charge in [-0.25, -0.2) is 9.36 Å². The van der Waals surface area contributed by atoms with Crippen LogP contribution in [0.5, 0.6) is 0 Å². The van der Waals surface area contributed by atoms with Crippen LogP contribution in [0.15, 0.2) is 33.9 Å². The maximum absolute atomic E-state index is 13.7. The van der Waals surface area contributed by atoms with Crippen LogP contribution < -0.4 is 21.0 Å². The number of nitrogens with one attached hydrogen (secondary N) is 2. The predicted octanol–water partition coefficient (Wildman–Crippen LogP) is -0.257. The van der Waals surface area contributed by atoms with E-state index in [4.69, 9.17) is 16.3 Å². The molecule has 0 bridgehead atoms. The first-order valence-electron chi connectivity index (χ1n) is 11.4. The standard InChI is InChI=1S/C23H27ClN4O3S/c1-2-25-8-7-18-19(15-25)32-22-20(18)21(29)28(17-5-3-16(24)4-6-17)23(30)27(22)10-9-26-11-13-31-14-12-26/h3-6H,2,7-15H2,1H3/p+2. The minimum absolute atomic E-state index is 0.209. The van der Waals surface area contributed by atoms with Gasteiger partial charge < -0.3 is 14.5 Å². The van der Waals surface area contributed by atoms with Crippen LogP contribution in [0.2, 0.25) is 5.02 Å². The molecule has 5 rings (SSSR count). The Hall–Kier alpha value is -1.97. The highest BCUT2D eigenvalue weighted by Crippen LogP contribution is 2.30. The van der Waals surface area contributed by atoms with Gasteiger partial charge in [-0.2, -0.15) is 0 Å². The fourth-order valence-electron chi connectivity index (χ4n) is 4.84. The van der Waals surface area contributed by atoms with Crippen LogP contribution in [-0.2, 0) is 24.2 Å². The summed E-state index contributed by atoms with van der Waals surface area (Å²) in [5.74, 6) is 0. The highest BCUT2D eigenvalue weighted by molar-refractivity contribution is 7.18. The maximum Gasteiger partial charge on any atom is 0.336 e. The van der Waals surface area contributed by atoms with E-state index in [9.17, 15) is 9.59 Å². The third kappa shape index (κ3) is 3.95. The van der Waals surface area contributed by atoms with E-state index >= 15 is 0 Å². The summed E-state index contributed by atoms with van der Waals surface area (Å²) < 4.78 is 8.65. The zero-order chi connectivity index (χ0) is 22.2. The molecule has 1 unspecified atom stereocenters. The van der Waals surface area contributed by atoms with Crippen LogP contribution in [0.3, 0.4) is 0 Å². The third-order valence-corrected chi connectivity index (χ3v) is 8.28. The summed E-state index contributed by atoms with van der Waals surface area (Å²) in [7, 11) is 0. The molecule has 0 aliphatic carbocycles. The molecule has 0 radical (unpaired) electrons. The van der Waals surface area contributed by atoms with Crippen LogP contribution in [0.4, 0.5) is 0 Å². The molecule has 9 heteroatoms. The summed E-state index contributed by atoms with van der Waals surface area (Å²) >= 11 is 7.70. The van der Waals surface area contributed by atoms with Crippen molar-refractivity contribution in [2.24, 2.45) is 0 Å². The first-order chi connectivity index (χ1) is 15.6. The molecule has 0 saturated carbocycles. The third-order valence-electron chi connectivity index (χ3n) is 6.77. The molecule has 2 aromatic heterocycles. The Balaban J connectivity index is 1.67. The molecule has 0 amide bonds. The van der Waals surface area contributed by atoms with Crippen molar-refractivity contribution in [2.45, 2.75) is 26.4 Å². The molecule has 0 spiro atoms. The van der Waals surface area contributed by atoms with E-state index in [-0.39, 0.29) is 11.2 Å². The normalized spacial score (nSPS) is 19.4. The molecular weight excluding hydrogens is 448 g/mol. The van der Waals surface area contributed by atoms with E-state index in [0.29, 0.717) is 17.3 Å². The number of halogens is 1.